The smallest absolute Gasteiger partial charge is 0.231 e. The van der Waals surface area contributed by atoms with E-state index in [0.717, 1.165) is 22.6 Å². The number of hydrogen-bond donors (Lipinski definition) is 4. The van der Waals surface area contributed by atoms with Crippen LogP contribution in [0, 0.1) is 5.92 Å². The highest BCUT2D eigenvalue weighted by Gasteiger charge is 2.43. The number of para-hydroxylation sites is 1. The molecule has 1 aromatic carbocycles. The van der Waals surface area contributed by atoms with Gasteiger partial charge in [-0.3, -0.25) is 9.59 Å². The molecule has 152 valence electrons. The van der Waals surface area contributed by atoms with Gasteiger partial charge in [-0.05, 0) is 30.7 Å². The molecule has 2 aromatic heterocycles. The summed E-state index contributed by atoms with van der Waals surface area (Å²) >= 11 is 0. The number of Topliss-reactive ketones (excluding diaryl/α,β-unsaturated/α-hetero) is 1. The van der Waals surface area contributed by atoms with E-state index in [1.54, 1.807) is 18.3 Å². The van der Waals surface area contributed by atoms with Crippen molar-refractivity contribution >= 4 is 28.9 Å². The van der Waals surface area contributed by atoms with Gasteiger partial charge in [-0.2, -0.15) is 0 Å². The zero-order valence-electron chi connectivity index (χ0n) is 16.0. The number of anilines is 3. The first kappa shape index (κ1) is 18.5. The van der Waals surface area contributed by atoms with Gasteiger partial charge in [0, 0.05) is 29.7 Å². The van der Waals surface area contributed by atoms with Gasteiger partial charge in [-0.1, -0.05) is 18.2 Å². The van der Waals surface area contributed by atoms with Gasteiger partial charge in [0.15, 0.2) is 5.78 Å². The normalized spacial score (nSPS) is 19.8. The lowest BCUT2D eigenvalue weighted by Crippen LogP contribution is -2.29. The van der Waals surface area contributed by atoms with E-state index in [1.807, 2.05) is 30.3 Å². The highest BCUT2D eigenvalue weighted by atomic mass is 19.1. The van der Waals surface area contributed by atoms with Crippen LogP contribution in [0.4, 0.5) is 21.6 Å². The second-order valence-electron chi connectivity index (χ2n) is 7.52. The van der Waals surface area contributed by atoms with E-state index >= 15 is 0 Å². The topological polar surface area (TPSA) is 98.9 Å². The molecule has 1 fully saturated rings. The van der Waals surface area contributed by atoms with Crippen molar-refractivity contribution in [2.75, 3.05) is 17.2 Å². The minimum atomic E-state index is -1.07. The lowest BCUT2D eigenvalue weighted by Gasteiger charge is -2.14. The molecule has 1 amide bonds. The number of amides is 1. The van der Waals surface area contributed by atoms with Crippen LogP contribution in [0.3, 0.4) is 0 Å². The molecule has 5 rings (SSSR count). The number of hydrogen-bond acceptors (Lipinski definition) is 5. The molecule has 1 aliphatic heterocycles. The molecule has 1 saturated carbocycles. The van der Waals surface area contributed by atoms with Crippen LogP contribution in [0.25, 0.3) is 11.3 Å². The van der Waals surface area contributed by atoms with Gasteiger partial charge in [0.25, 0.3) is 0 Å². The number of carbonyl (C=O) groups excluding carboxylic acids is 2. The minimum Gasteiger partial charge on any atom is -0.355 e. The summed E-state index contributed by atoms with van der Waals surface area (Å²) in [7, 11) is 0. The van der Waals surface area contributed by atoms with Crippen LogP contribution < -0.4 is 16.0 Å². The Balaban J connectivity index is 1.53. The number of aromatic amines is 1. The summed E-state index contributed by atoms with van der Waals surface area (Å²) in [6.07, 6.45) is 0.773. The van der Waals surface area contributed by atoms with Crippen LogP contribution in [0.2, 0.25) is 0 Å². The fourth-order valence-electron chi connectivity index (χ4n) is 3.70. The molecule has 2 atom stereocenters. The maximum absolute atomic E-state index is 13.2. The molecule has 4 N–H and O–H groups in total. The van der Waals surface area contributed by atoms with Crippen molar-refractivity contribution in [1.82, 2.24) is 15.3 Å². The SMILES string of the molecule is O=C1CNCc2[nH]c(-c3ccnc(NC(=O)[C@H]4C[C@H]4F)c3)c(Nc3ccccc3)c21. The number of nitrogens with zero attached hydrogens (tertiary/aromatic N) is 1. The summed E-state index contributed by atoms with van der Waals surface area (Å²) in [6.45, 7) is 0.829. The maximum atomic E-state index is 13.2. The summed E-state index contributed by atoms with van der Waals surface area (Å²) in [6, 6.07) is 13.1. The van der Waals surface area contributed by atoms with Gasteiger partial charge in [0.2, 0.25) is 5.91 Å². The Bertz CT molecular complexity index is 1130. The predicted molar refractivity (Wildman–Crippen MR) is 111 cm³/mol. The Kier molecular flexibility index (Phi) is 4.55. The number of carbonyl (C=O) groups is 2. The number of rotatable bonds is 5. The zero-order chi connectivity index (χ0) is 20.7. The van der Waals surface area contributed by atoms with Crippen LogP contribution in [-0.2, 0) is 11.3 Å². The Morgan fingerprint density at radius 3 is 2.73 bits per heavy atom. The van der Waals surface area contributed by atoms with Gasteiger partial charge in [0.1, 0.15) is 12.0 Å². The molecule has 0 radical (unpaired) electrons. The van der Waals surface area contributed by atoms with Gasteiger partial charge in [-0.15, -0.1) is 0 Å². The second-order valence-corrected chi connectivity index (χ2v) is 7.52. The number of benzene rings is 1. The fraction of sp³-hybridized carbons (Fsp3) is 0.227. The third-order valence-electron chi connectivity index (χ3n) is 5.34. The van der Waals surface area contributed by atoms with E-state index < -0.39 is 12.1 Å². The van der Waals surface area contributed by atoms with Crippen LogP contribution in [-0.4, -0.2) is 34.4 Å². The molecule has 3 aromatic rings. The van der Waals surface area contributed by atoms with Crippen molar-refractivity contribution < 1.29 is 14.0 Å². The van der Waals surface area contributed by atoms with E-state index in [2.05, 4.69) is 25.9 Å². The molecule has 8 heteroatoms. The maximum Gasteiger partial charge on any atom is 0.231 e. The Hall–Kier alpha value is -3.52. The second kappa shape index (κ2) is 7.38. The van der Waals surface area contributed by atoms with Crippen molar-refractivity contribution in [2.24, 2.45) is 5.92 Å². The molecule has 7 nitrogen and oxygen atoms in total. The van der Waals surface area contributed by atoms with Gasteiger partial charge >= 0.3 is 0 Å². The Labute approximate surface area is 172 Å². The van der Waals surface area contributed by atoms with Crippen LogP contribution in [0.15, 0.2) is 48.7 Å². The third kappa shape index (κ3) is 3.46. The molecule has 0 bridgehead atoms. The summed E-state index contributed by atoms with van der Waals surface area (Å²) < 4.78 is 13.2. The number of pyridine rings is 1. The number of H-pyrrole nitrogens is 1. The predicted octanol–water partition coefficient (Wildman–Crippen LogP) is 3.40. The highest BCUT2D eigenvalue weighted by Crippen LogP contribution is 2.38. The van der Waals surface area contributed by atoms with Crippen molar-refractivity contribution in [3.05, 3.63) is 59.9 Å². The first-order chi connectivity index (χ1) is 14.6. The standard InChI is InChI=1S/C22H20FN5O2/c23-15-9-14(15)22(30)28-18-8-12(6-7-25-18)20-21(26-13-4-2-1-3-5-13)19-16(27-20)10-24-11-17(19)29/h1-8,14-15,24,26-27H,9-11H2,(H,25,28,30)/t14-,15+/m0/s1. The van der Waals surface area contributed by atoms with Gasteiger partial charge in [0.05, 0.1) is 29.4 Å². The highest BCUT2D eigenvalue weighted by molar-refractivity contribution is 6.08. The molecule has 0 saturated heterocycles. The monoisotopic (exact) mass is 405 g/mol. The molecular weight excluding hydrogens is 385 g/mol. The zero-order valence-corrected chi connectivity index (χ0v) is 16.0. The number of halogens is 1. The minimum absolute atomic E-state index is 0.00230. The van der Waals surface area contributed by atoms with Crippen molar-refractivity contribution in [3.8, 4) is 11.3 Å². The van der Waals surface area contributed by atoms with E-state index in [9.17, 15) is 14.0 Å². The quantitative estimate of drug-likeness (QED) is 0.522. The lowest BCUT2D eigenvalue weighted by molar-refractivity contribution is -0.117. The molecule has 3 heterocycles. The van der Waals surface area contributed by atoms with Crippen molar-refractivity contribution in [2.45, 2.75) is 19.1 Å². The first-order valence-electron chi connectivity index (χ1n) is 9.82. The average molecular weight is 405 g/mol. The van der Waals surface area contributed by atoms with Gasteiger partial charge < -0.3 is 20.9 Å². The number of ketones is 1. The average Bonchev–Trinajstić information content (AvgIpc) is 3.37. The summed E-state index contributed by atoms with van der Waals surface area (Å²) in [5, 5.41) is 9.14. The van der Waals surface area contributed by atoms with Crippen LogP contribution >= 0.6 is 0 Å². The largest absolute Gasteiger partial charge is 0.355 e. The van der Waals surface area contributed by atoms with E-state index in [4.69, 9.17) is 0 Å². The number of fused-ring (bicyclic) bond motifs is 1. The summed E-state index contributed by atoms with van der Waals surface area (Å²) in [5.41, 5.74) is 4.48. The third-order valence-corrected chi connectivity index (χ3v) is 5.34. The Morgan fingerprint density at radius 1 is 1.17 bits per heavy atom. The molecule has 0 spiro atoms. The fourth-order valence-corrected chi connectivity index (χ4v) is 3.70. The molecule has 0 unspecified atom stereocenters. The number of nitrogens with one attached hydrogen (secondary N) is 4. The van der Waals surface area contributed by atoms with Crippen LogP contribution in [0.5, 0.6) is 0 Å². The van der Waals surface area contributed by atoms with Gasteiger partial charge in [-0.25, -0.2) is 9.37 Å². The summed E-state index contributed by atoms with van der Waals surface area (Å²) in [5.74, 6) is -0.603. The van der Waals surface area contributed by atoms with Crippen molar-refractivity contribution in [3.63, 3.8) is 0 Å². The summed E-state index contributed by atoms with van der Waals surface area (Å²) in [4.78, 5) is 32.2. The Morgan fingerprint density at radius 2 is 1.97 bits per heavy atom. The number of aromatic nitrogens is 2. The van der Waals surface area contributed by atoms with Crippen LogP contribution in [0.1, 0.15) is 22.5 Å². The lowest BCUT2D eigenvalue weighted by atomic mass is 10.0. The molecular formula is C22H20FN5O2. The number of alkyl halides is 1. The first-order valence-corrected chi connectivity index (χ1v) is 9.82. The van der Waals surface area contributed by atoms with E-state index in [-0.39, 0.29) is 24.7 Å². The molecule has 30 heavy (non-hydrogen) atoms. The molecule has 1 aliphatic carbocycles. The van der Waals surface area contributed by atoms with Crippen molar-refractivity contribution in [1.29, 1.82) is 0 Å². The van der Waals surface area contributed by atoms with E-state index in [1.165, 1.54) is 0 Å². The molecule has 2 aliphatic rings. The van der Waals surface area contributed by atoms with E-state index in [0.29, 0.717) is 23.6 Å².